The Bertz CT molecular complexity index is 344. The number of anilines is 1. The van der Waals surface area contributed by atoms with Crippen molar-refractivity contribution >= 4 is 5.82 Å². The molecule has 1 unspecified atom stereocenters. The first-order valence-corrected chi connectivity index (χ1v) is 7.11. The average Bonchev–Trinajstić information content (AvgIpc) is 2.30. The molecule has 102 valence electrons. The summed E-state index contributed by atoms with van der Waals surface area (Å²) in [6, 6.07) is 4.75. The van der Waals surface area contributed by atoms with Gasteiger partial charge in [0, 0.05) is 12.2 Å². The Labute approximate surface area is 112 Å². The van der Waals surface area contributed by atoms with E-state index in [0.717, 1.165) is 5.82 Å². The first-order valence-electron chi connectivity index (χ1n) is 7.11. The molecule has 18 heavy (non-hydrogen) atoms. The molecule has 0 fully saturated rings. The number of pyridine rings is 1. The van der Waals surface area contributed by atoms with Gasteiger partial charge in [-0.2, -0.15) is 0 Å². The molecule has 0 aliphatic heterocycles. The van der Waals surface area contributed by atoms with E-state index >= 15 is 0 Å². The summed E-state index contributed by atoms with van der Waals surface area (Å²) in [5.74, 6) is 1.71. The molecule has 1 aromatic rings. The van der Waals surface area contributed by atoms with Gasteiger partial charge in [-0.05, 0) is 29.9 Å². The van der Waals surface area contributed by atoms with E-state index in [9.17, 15) is 0 Å². The van der Waals surface area contributed by atoms with Gasteiger partial charge in [-0.25, -0.2) is 4.98 Å². The van der Waals surface area contributed by atoms with Crippen LogP contribution in [-0.4, -0.2) is 11.0 Å². The summed E-state index contributed by atoms with van der Waals surface area (Å²) >= 11 is 0. The maximum atomic E-state index is 4.53. The summed E-state index contributed by atoms with van der Waals surface area (Å²) in [4.78, 5) is 4.53. The highest BCUT2D eigenvalue weighted by atomic mass is 15.0. The number of rotatable bonds is 5. The molecule has 0 aliphatic rings. The van der Waals surface area contributed by atoms with Crippen LogP contribution < -0.4 is 5.32 Å². The van der Waals surface area contributed by atoms with Gasteiger partial charge < -0.3 is 5.32 Å². The summed E-state index contributed by atoms with van der Waals surface area (Å²) in [6.07, 6.45) is 4.41. The van der Waals surface area contributed by atoms with Gasteiger partial charge in [0.15, 0.2) is 0 Å². The molecular formula is C16H28N2. The van der Waals surface area contributed by atoms with Crippen LogP contribution in [0.15, 0.2) is 18.3 Å². The predicted octanol–water partition coefficient (Wildman–Crippen LogP) is 4.62. The standard InChI is InChI=1S/C16H28N2/c1-7-13(8-2)12(3)18-15-10-9-14(11-17-15)16(4,5)6/h9-13H,7-8H2,1-6H3,(H,17,18). The molecule has 1 N–H and O–H groups in total. The maximum absolute atomic E-state index is 4.53. The minimum absolute atomic E-state index is 0.173. The van der Waals surface area contributed by atoms with Gasteiger partial charge in [-0.1, -0.05) is 53.5 Å². The third kappa shape index (κ3) is 4.01. The first kappa shape index (κ1) is 15.0. The zero-order chi connectivity index (χ0) is 13.8. The van der Waals surface area contributed by atoms with Gasteiger partial charge in [0.25, 0.3) is 0 Å². The van der Waals surface area contributed by atoms with Crippen LogP contribution in [0.4, 0.5) is 5.82 Å². The van der Waals surface area contributed by atoms with E-state index < -0.39 is 0 Å². The largest absolute Gasteiger partial charge is 0.367 e. The van der Waals surface area contributed by atoms with E-state index in [1.54, 1.807) is 0 Å². The van der Waals surface area contributed by atoms with E-state index in [1.807, 2.05) is 6.20 Å². The second-order valence-corrected chi connectivity index (χ2v) is 6.19. The Balaban J connectivity index is 2.69. The number of nitrogens with one attached hydrogen (secondary N) is 1. The van der Waals surface area contributed by atoms with Crippen molar-refractivity contribution in [3.8, 4) is 0 Å². The second kappa shape index (κ2) is 6.21. The molecule has 0 bridgehead atoms. The third-order valence-corrected chi connectivity index (χ3v) is 3.76. The number of nitrogens with zero attached hydrogens (tertiary/aromatic N) is 1. The van der Waals surface area contributed by atoms with Crippen molar-refractivity contribution in [2.24, 2.45) is 5.92 Å². The number of aromatic nitrogens is 1. The topological polar surface area (TPSA) is 24.9 Å². The summed E-state index contributed by atoms with van der Waals surface area (Å²) in [5, 5.41) is 3.51. The van der Waals surface area contributed by atoms with Crippen LogP contribution in [-0.2, 0) is 5.41 Å². The molecule has 1 aromatic heterocycles. The molecule has 1 heterocycles. The van der Waals surface area contributed by atoms with Crippen molar-refractivity contribution < 1.29 is 0 Å². The minimum Gasteiger partial charge on any atom is -0.367 e. The molecule has 1 rings (SSSR count). The van der Waals surface area contributed by atoms with Crippen molar-refractivity contribution in [2.75, 3.05) is 5.32 Å². The Morgan fingerprint density at radius 2 is 1.78 bits per heavy atom. The average molecular weight is 248 g/mol. The molecule has 1 atom stereocenters. The lowest BCUT2D eigenvalue weighted by Crippen LogP contribution is -2.25. The lowest BCUT2D eigenvalue weighted by Gasteiger charge is -2.24. The Morgan fingerprint density at radius 1 is 1.17 bits per heavy atom. The second-order valence-electron chi connectivity index (χ2n) is 6.19. The number of hydrogen-bond acceptors (Lipinski definition) is 2. The van der Waals surface area contributed by atoms with Crippen LogP contribution in [0.1, 0.15) is 59.9 Å². The normalized spacial score (nSPS) is 13.7. The zero-order valence-corrected chi connectivity index (χ0v) is 12.7. The molecule has 0 spiro atoms. The molecule has 0 saturated heterocycles. The van der Waals surface area contributed by atoms with Crippen LogP contribution in [0.2, 0.25) is 0 Å². The molecule has 0 aromatic carbocycles. The van der Waals surface area contributed by atoms with Crippen molar-refractivity contribution in [1.29, 1.82) is 0 Å². The smallest absolute Gasteiger partial charge is 0.126 e. The van der Waals surface area contributed by atoms with Crippen LogP contribution in [0, 0.1) is 5.92 Å². The highest BCUT2D eigenvalue weighted by molar-refractivity contribution is 5.38. The highest BCUT2D eigenvalue weighted by Gasteiger charge is 2.16. The molecule has 2 nitrogen and oxygen atoms in total. The van der Waals surface area contributed by atoms with Gasteiger partial charge >= 0.3 is 0 Å². The van der Waals surface area contributed by atoms with Crippen LogP contribution >= 0.6 is 0 Å². The number of hydrogen-bond donors (Lipinski definition) is 1. The molecule has 0 aliphatic carbocycles. The van der Waals surface area contributed by atoms with Gasteiger partial charge in [0.05, 0.1) is 0 Å². The lowest BCUT2D eigenvalue weighted by molar-refractivity contribution is 0.437. The van der Waals surface area contributed by atoms with E-state index in [-0.39, 0.29) is 5.41 Å². The van der Waals surface area contributed by atoms with Crippen LogP contribution in [0.3, 0.4) is 0 Å². The lowest BCUT2D eigenvalue weighted by atomic mass is 9.88. The molecular weight excluding hydrogens is 220 g/mol. The van der Waals surface area contributed by atoms with Gasteiger partial charge in [0.1, 0.15) is 5.82 Å². The Hall–Kier alpha value is -1.05. The SMILES string of the molecule is CCC(CC)C(C)Nc1ccc(C(C)(C)C)cn1. The van der Waals surface area contributed by atoms with Crippen molar-refractivity contribution in [3.63, 3.8) is 0 Å². The quantitative estimate of drug-likeness (QED) is 0.822. The first-order chi connectivity index (χ1) is 8.38. The molecule has 0 radical (unpaired) electrons. The van der Waals surface area contributed by atoms with Crippen LogP contribution in [0.25, 0.3) is 0 Å². The molecule has 0 amide bonds. The summed E-state index contributed by atoms with van der Waals surface area (Å²) in [5.41, 5.74) is 1.45. The highest BCUT2D eigenvalue weighted by Crippen LogP contribution is 2.23. The fraction of sp³-hybridized carbons (Fsp3) is 0.688. The maximum Gasteiger partial charge on any atom is 0.126 e. The summed E-state index contributed by atoms with van der Waals surface area (Å²) < 4.78 is 0. The zero-order valence-electron chi connectivity index (χ0n) is 12.7. The van der Waals surface area contributed by atoms with Gasteiger partial charge in [-0.15, -0.1) is 0 Å². The summed E-state index contributed by atoms with van der Waals surface area (Å²) in [7, 11) is 0. The van der Waals surface area contributed by atoms with Crippen molar-refractivity contribution in [3.05, 3.63) is 23.9 Å². The molecule has 0 saturated carbocycles. The monoisotopic (exact) mass is 248 g/mol. The fourth-order valence-electron chi connectivity index (χ4n) is 2.27. The van der Waals surface area contributed by atoms with E-state index in [1.165, 1.54) is 18.4 Å². The fourth-order valence-corrected chi connectivity index (χ4v) is 2.27. The molecule has 2 heteroatoms. The summed E-state index contributed by atoms with van der Waals surface area (Å²) in [6.45, 7) is 13.4. The van der Waals surface area contributed by atoms with Gasteiger partial charge in [-0.3, -0.25) is 0 Å². The van der Waals surface area contributed by atoms with Crippen LogP contribution in [0.5, 0.6) is 0 Å². The Morgan fingerprint density at radius 3 is 2.17 bits per heavy atom. The van der Waals surface area contributed by atoms with E-state index in [2.05, 4.69) is 64.0 Å². The van der Waals surface area contributed by atoms with E-state index in [4.69, 9.17) is 0 Å². The third-order valence-electron chi connectivity index (χ3n) is 3.76. The van der Waals surface area contributed by atoms with E-state index in [0.29, 0.717) is 12.0 Å². The van der Waals surface area contributed by atoms with Crippen molar-refractivity contribution in [2.45, 2.75) is 65.8 Å². The van der Waals surface area contributed by atoms with Crippen molar-refractivity contribution in [1.82, 2.24) is 4.98 Å². The van der Waals surface area contributed by atoms with Gasteiger partial charge in [0.2, 0.25) is 0 Å². The predicted molar refractivity (Wildman–Crippen MR) is 80.1 cm³/mol. The minimum atomic E-state index is 0.173. The Kier molecular flexibility index (Phi) is 5.18.